The molecule has 4 rings (SSSR count). The molecule has 7 heteroatoms. The Morgan fingerprint density at radius 2 is 1.57 bits per heavy atom. The van der Waals surface area contributed by atoms with E-state index in [9.17, 15) is 18.3 Å². The van der Waals surface area contributed by atoms with Crippen molar-refractivity contribution in [3.63, 3.8) is 0 Å². The monoisotopic (exact) mass is 481 g/mol. The maximum atomic E-state index is 13.8. The van der Waals surface area contributed by atoms with Gasteiger partial charge in [-0.1, -0.05) is 57.2 Å². The first-order valence-corrected chi connectivity index (χ1v) is 11.7. The lowest BCUT2D eigenvalue weighted by Gasteiger charge is -2.12. The Bertz CT molecular complexity index is 1390. The molecule has 0 bridgehead atoms. The van der Waals surface area contributed by atoms with Crippen LogP contribution in [0.3, 0.4) is 0 Å². The van der Waals surface area contributed by atoms with Crippen molar-refractivity contribution in [2.45, 2.75) is 52.4 Å². The highest BCUT2D eigenvalue weighted by Crippen LogP contribution is 2.33. The summed E-state index contributed by atoms with van der Waals surface area (Å²) in [5.74, 6) is 0.390. The number of halogens is 3. The van der Waals surface area contributed by atoms with Crippen molar-refractivity contribution >= 4 is 16.7 Å². The number of aryl methyl sites for hydroxylation is 2. The first-order valence-electron chi connectivity index (χ1n) is 11.7. The summed E-state index contributed by atoms with van der Waals surface area (Å²) in [7, 11) is 1.85. The third-order valence-corrected chi connectivity index (χ3v) is 6.38. The zero-order valence-corrected chi connectivity index (χ0v) is 20.4. The van der Waals surface area contributed by atoms with Crippen LogP contribution in [0.1, 0.15) is 54.5 Å². The van der Waals surface area contributed by atoms with Gasteiger partial charge in [0.05, 0.1) is 35.4 Å². The van der Waals surface area contributed by atoms with Crippen LogP contribution in [0, 0.1) is 0 Å². The van der Waals surface area contributed by atoms with E-state index < -0.39 is 11.7 Å². The minimum Gasteiger partial charge on any atom is -0.392 e. The fourth-order valence-corrected chi connectivity index (χ4v) is 4.37. The molecule has 3 aromatic carbocycles. The minimum atomic E-state index is -4.45. The molecule has 184 valence electrons. The van der Waals surface area contributed by atoms with Crippen LogP contribution in [0.4, 0.5) is 18.9 Å². The summed E-state index contributed by atoms with van der Waals surface area (Å²) in [6, 6.07) is 17.8. The third-order valence-electron chi connectivity index (χ3n) is 6.38. The van der Waals surface area contributed by atoms with Gasteiger partial charge in [-0.15, -0.1) is 0 Å². The van der Waals surface area contributed by atoms with Crippen LogP contribution in [-0.4, -0.2) is 14.2 Å². The Morgan fingerprint density at radius 3 is 2.11 bits per heavy atom. The fraction of sp³-hybridized carbons (Fsp3) is 0.321. The predicted molar refractivity (Wildman–Crippen MR) is 133 cm³/mol. The number of nitrogens with zero attached hydrogens (tertiary/aromatic N) is 3. The van der Waals surface area contributed by atoms with Crippen LogP contribution in [0.2, 0.25) is 0 Å². The second-order valence-corrected chi connectivity index (χ2v) is 9.13. The van der Waals surface area contributed by atoms with Crippen molar-refractivity contribution in [3.05, 3.63) is 94.1 Å². The molecule has 0 aliphatic rings. The van der Waals surface area contributed by atoms with Gasteiger partial charge in [-0.2, -0.15) is 13.2 Å². The van der Waals surface area contributed by atoms with Crippen LogP contribution in [-0.2, 0) is 32.8 Å². The molecule has 1 heterocycles. The Morgan fingerprint density at radius 1 is 0.943 bits per heavy atom. The molecule has 0 radical (unpaired) electrons. The van der Waals surface area contributed by atoms with Crippen LogP contribution in [0.15, 0.2) is 65.7 Å². The second kappa shape index (κ2) is 9.74. The van der Waals surface area contributed by atoms with Crippen molar-refractivity contribution in [2.24, 2.45) is 12.0 Å². The number of hydrogen-bond acceptors (Lipinski definition) is 2. The van der Waals surface area contributed by atoms with Crippen molar-refractivity contribution in [3.8, 4) is 0 Å². The lowest BCUT2D eigenvalue weighted by Crippen LogP contribution is -2.24. The van der Waals surface area contributed by atoms with E-state index in [1.54, 1.807) is 0 Å². The summed E-state index contributed by atoms with van der Waals surface area (Å²) in [6.07, 6.45) is -3.98. The van der Waals surface area contributed by atoms with Gasteiger partial charge in [-0.3, -0.25) is 0 Å². The van der Waals surface area contributed by atoms with E-state index in [1.165, 1.54) is 17.7 Å². The minimum absolute atomic E-state index is 0.0660. The summed E-state index contributed by atoms with van der Waals surface area (Å²) in [6.45, 7) is 6.38. The van der Waals surface area contributed by atoms with Gasteiger partial charge in [0.25, 0.3) is 0 Å². The maximum absolute atomic E-state index is 13.8. The fourth-order valence-electron chi connectivity index (χ4n) is 4.37. The number of aliphatic hydroxyl groups excluding tert-OH is 1. The molecule has 4 nitrogen and oxygen atoms in total. The average Bonchev–Trinajstić information content (AvgIpc) is 3.09. The number of benzene rings is 3. The van der Waals surface area contributed by atoms with Gasteiger partial charge in [0.2, 0.25) is 5.62 Å². The van der Waals surface area contributed by atoms with E-state index in [4.69, 9.17) is 4.99 Å². The lowest BCUT2D eigenvalue weighted by atomic mass is 10.0. The van der Waals surface area contributed by atoms with Crippen molar-refractivity contribution in [2.75, 3.05) is 0 Å². The van der Waals surface area contributed by atoms with E-state index in [0.29, 0.717) is 35.6 Å². The number of aromatic nitrogens is 2. The molecule has 0 saturated carbocycles. The molecule has 0 atom stereocenters. The third kappa shape index (κ3) is 5.05. The zero-order chi connectivity index (χ0) is 25.3. The first kappa shape index (κ1) is 24.8. The summed E-state index contributed by atoms with van der Waals surface area (Å²) >= 11 is 0. The molecule has 0 saturated heterocycles. The molecular weight excluding hydrogens is 451 g/mol. The van der Waals surface area contributed by atoms with Gasteiger partial charge >= 0.3 is 6.18 Å². The van der Waals surface area contributed by atoms with Crippen LogP contribution >= 0.6 is 0 Å². The molecule has 35 heavy (non-hydrogen) atoms. The molecule has 0 amide bonds. The number of aliphatic hydroxyl groups is 1. The summed E-state index contributed by atoms with van der Waals surface area (Å²) < 4.78 is 45.0. The zero-order valence-electron chi connectivity index (χ0n) is 20.4. The van der Waals surface area contributed by atoms with Crippen LogP contribution in [0.5, 0.6) is 0 Å². The molecule has 0 unspecified atom stereocenters. The maximum Gasteiger partial charge on any atom is 0.416 e. The Labute approximate surface area is 203 Å². The van der Waals surface area contributed by atoms with Crippen molar-refractivity contribution < 1.29 is 18.3 Å². The number of imidazole rings is 1. The van der Waals surface area contributed by atoms with Gasteiger partial charge in [0.15, 0.2) is 0 Å². The summed E-state index contributed by atoms with van der Waals surface area (Å²) in [5, 5.41) is 9.36. The predicted octanol–water partition coefficient (Wildman–Crippen LogP) is 6.46. The molecule has 0 spiro atoms. The number of rotatable bonds is 6. The number of hydrogen-bond donors (Lipinski definition) is 1. The van der Waals surface area contributed by atoms with Gasteiger partial charge in [-0.05, 0) is 58.9 Å². The SMILES string of the molecule is CCc1cc(C(F)(F)F)cc2c1n(C)/c(=N/c1ccc(C(C)C)cc1)n2Cc1ccc(CO)cc1. The molecule has 1 aromatic heterocycles. The van der Waals surface area contributed by atoms with Gasteiger partial charge in [0.1, 0.15) is 0 Å². The standard InChI is InChI=1S/C28H30F3N3O/c1-5-21-14-23(28(29,30)31)15-25-26(21)33(4)27(32-24-12-10-22(11-13-24)18(2)3)34(25)16-19-6-8-20(17-35)9-7-19/h6-15,18,35H,5,16-17H2,1-4H3/b32-27-. The van der Waals surface area contributed by atoms with E-state index >= 15 is 0 Å². The highest BCUT2D eigenvalue weighted by Gasteiger charge is 2.32. The largest absolute Gasteiger partial charge is 0.416 e. The van der Waals surface area contributed by atoms with Crippen LogP contribution in [0.25, 0.3) is 11.0 Å². The highest BCUT2D eigenvalue weighted by molar-refractivity contribution is 5.81. The number of alkyl halides is 3. The van der Waals surface area contributed by atoms with E-state index in [2.05, 4.69) is 13.8 Å². The molecule has 0 aliphatic carbocycles. The topological polar surface area (TPSA) is 42.5 Å². The normalized spacial score (nSPS) is 12.8. The van der Waals surface area contributed by atoms with Crippen molar-refractivity contribution in [1.29, 1.82) is 0 Å². The van der Waals surface area contributed by atoms with Crippen LogP contribution < -0.4 is 5.62 Å². The second-order valence-electron chi connectivity index (χ2n) is 9.13. The van der Waals surface area contributed by atoms with Gasteiger partial charge in [0, 0.05) is 7.05 Å². The van der Waals surface area contributed by atoms with E-state index in [1.807, 2.05) is 71.6 Å². The molecule has 0 fully saturated rings. The van der Waals surface area contributed by atoms with E-state index in [-0.39, 0.29) is 6.61 Å². The quantitative estimate of drug-likeness (QED) is 0.338. The summed E-state index contributed by atoms with van der Waals surface area (Å²) in [5.41, 5.74) is 5.37. The molecular formula is C28H30F3N3O. The van der Waals surface area contributed by atoms with Gasteiger partial charge in [-0.25, -0.2) is 4.99 Å². The van der Waals surface area contributed by atoms with E-state index in [0.717, 1.165) is 22.3 Å². The molecule has 0 aliphatic heterocycles. The Kier molecular flexibility index (Phi) is 6.90. The Hall–Kier alpha value is -3.32. The smallest absolute Gasteiger partial charge is 0.392 e. The molecule has 4 aromatic rings. The molecule has 1 N–H and O–H groups in total. The highest BCUT2D eigenvalue weighted by atomic mass is 19.4. The average molecular weight is 482 g/mol. The van der Waals surface area contributed by atoms with Crippen molar-refractivity contribution in [1.82, 2.24) is 9.13 Å². The van der Waals surface area contributed by atoms with Gasteiger partial charge < -0.3 is 14.2 Å². The number of fused-ring (bicyclic) bond motifs is 1. The Balaban J connectivity index is 1.99. The first-order chi connectivity index (χ1) is 16.6. The lowest BCUT2D eigenvalue weighted by molar-refractivity contribution is -0.137. The summed E-state index contributed by atoms with van der Waals surface area (Å²) in [4.78, 5) is 4.88.